The van der Waals surface area contributed by atoms with Crippen LogP contribution in [0, 0.1) is 24.2 Å². The summed E-state index contributed by atoms with van der Waals surface area (Å²) in [6.07, 6.45) is 3.72. The zero-order valence-electron chi connectivity index (χ0n) is 15.1. The van der Waals surface area contributed by atoms with Gasteiger partial charge in [0.05, 0.1) is 0 Å². The molecule has 0 bridgehead atoms. The van der Waals surface area contributed by atoms with Crippen LogP contribution in [-0.2, 0) is 20.8 Å². The number of carbonyl (C=O) groups is 3. The number of ketones is 2. The molecular formula is C21H24O4. The Kier molecular flexibility index (Phi) is 3.64. The molecule has 3 aliphatic carbocycles. The highest BCUT2D eigenvalue weighted by Crippen LogP contribution is 2.58. The Bertz CT molecular complexity index is 793. The van der Waals surface area contributed by atoms with Crippen molar-refractivity contribution in [3.63, 3.8) is 0 Å². The van der Waals surface area contributed by atoms with Gasteiger partial charge in [0.25, 0.3) is 0 Å². The van der Waals surface area contributed by atoms with Crippen molar-refractivity contribution < 1.29 is 19.1 Å². The van der Waals surface area contributed by atoms with Crippen LogP contribution in [0.15, 0.2) is 12.1 Å². The number of hydrogen-bond acceptors (Lipinski definition) is 4. The van der Waals surface area contributed by atoms with Gasteiger partial charge in [0.15, 0.2) is 0 Å². The monoisotopic (exact) mass is 340 g/mol. The van der Waals surface area contributed by atoms with Gasteiger partial charge in [0, 0.05) is 31.1 Å². The van der Waals surface area contributed by atoms with Crippen molar-refractivity contribution in [2.45, 2.75) is 58.8 Å². The molecule has 132 valence electrons. The number of aryl methyl sites for hydroxylation is 2. The van der Waals surface area contributed by atoms with E-state index in [1.165, 1.54) is 6.92 Å². The van der Waals surface area contributed by atoms with E-state index in [1.54, 1.807) is 0 Å². The largest absolute Gasteiger partial charge is 0.427 e. The second-order valence-corrected chi connectivity index (χ2v) is 8.22. The molecule has 1 aromatic carbocycles. The molecule has 0 saturated heterocycles. The van der Waals surface area contributed by atoms with E-state index >= 15 is 0 Å². The second kappa shape index (κ2) is 5.52. The lowest BCUT2D eigenvalue weighted by Gasteiger charge is -2.47. The van der Waals surface area contributed by atoms with E-state index in [-0.39, 0.29) is 29.4 Å². The molecule has 3 aliphatic rings. The lowest BCUT2D eigenvalue weighted by atomic mass is 9.54. The molecule has 0 amide bonds. The van der Waals surface area contributed by atoms with Crippen molar-refractivity contribution in [1.82, 2.24) is 0 Å². The number of Topliss-reactive ketones (excluding diaryl/α,β-unsaturated/α-hetero) is 2. The molecule has 0 unspecified atom stereocenters. The Morgan fingerprint density at radius 1 is 1.20 bits per heavy atom. The second-order valence-electron chi connectivity index (χ2n) is 8.22. The molecule has 25 heavy (non-hydrogen) atoms. The maximum absolute atomic E-state index is 13.1. The van der Waals surface area contributed by atoms with Crippen molar-refractivity contribution in [3.8, 4) is 5.75 Å². The predicted molar refractivity (Wildman–Crippen MR) is 92.5 cm³/mol. The van der Waals surface area contributed by atoms with E-state index in [0.29, 0.717) is 24.5 Å². The van der Waals surface area contributed by atoms with Crippen LogP contribution in [0.5, 0.6) is 5.75 Å². The summed E-state index contributed by atoms with van der Waals surface area (Å²) in [6, 6.07) is 3.78. The summed E-state index contributed by atoms with van der Waals surface area (Å²) < 4.78 is 5.25. The maximum Gasteiger partial charge on any atom is 0.308 e. The fraction of sp³-hybridized carbons (Fsp3) is 0.571. The molecule has 0 N–H and O–H groups in total. The predicted octanol–water partition coefficient (Wildman–Crippen LogP) is 3.52. The van der Waals surface area contributed by atoms with E-state index < -0.39 is 5.41 Å². The first-order valence-electron chi connectivity index (χ1n) is 9.19. The van der Waals surface area contributed by atoms with Crippen molar-refractivity contribution in [2.75, 3.05) is 0 Å². The molecule has 4 heteroatoms. The molecular weight excluding hydrogens is 316 g/mol. The van der Waals surface area contributed by atoms with E-state index in [4.69, 9.17) is 4.74 Å². The van der Waals surface area contributed by atoms with Crippen LogP contribution in [0.25, 0.3) is 0 Å². The van der Waals surface area contributed by atoms with Crippen LogP contribution < -0.4 is 4.74 Å². The smallest absolute Gasteiger partial charge is 0.308 e. The first-order chi connectivity index (χ1) is 11.8. The lowest BCUT2D eigenvalue weighted by Crippen LogP contribution is -2.47. The molecule has 2 fully saturated rings. The highest BCUT2D eigenvalue weighted by molar-refractivity contribution is 5.97. The van der Waals surface area contributed by atoms with Gasteiger partial charge in [-0.05, 0) is 66.8 Å². The number of esters is 1. The molecule has 4 nitrogen and oxygen atoms in total. The summed E-state index contributed by atoms with van der Waals surface area (Å²) in [5.74, 6) is 1.21. The number of benzene rings is 1. The fourth-order valence-electron chi connectivity index (χ4n) is 5.73. The van der Waals surface area contributed by atoms with E-state index in [2.05, 4.69) is 0 Å². The normalized spacial score (nSPS) is 33.5. The average molecular weight is 340 g/mol. The standard InChI is InChI=1S/C21H24O4/c1-11-8-14(25-12(2)22)9-13-4-5-15-16-6-7-18(24)21(16,3)10-17(23)20(15)19(11)13/h8-9,15-16,20H,4-7,10H2,1-3H3/t15-,16-,20+,21-/m0/s1. The maximum atomic E-state index is 13.1. The van der Waals surface area contributed by atoms with Crippen LogP contribution in [0.4, 0.5) is 0 Å². The summed E-state index contributed by atoms with van der Waals surface area (Å²) in [4.78, 5) is 36.7. The summed E-state index contributed by atoms with van der Waals surface area (Å²) >= 11 is 0. The summed E-state index contributed by atoms with van der Waals surface area (Å²) in [5, 5.41) is 0. The number of hydrogen-bond donors (Lipinski definition) is 0. The number of rotatable bonds is 1. The molecule has 1 aromatic rings. The van der Waals surface area contributed by atoms with Crippen LogP contribution in [-0.4, -0.2) is 17.5 Å². The van der Waals surface area contributed by atoms with Crippen molar-refractivity contribution in [2.24, 2.45) is 17.3 Å². The quantitative estimate of drug-likeness (QED) is 0.580. The number of ether oxygens (including phenoxy) is 1. The zero-order chi connectivity index (χ0) is 17.9. The molecule has 0 heterocycles. The van der Waals surface area contributed by atoms with Gasteiger partial charge < -0.3 is 4.74 Å². The number of carbonyl (C=O) groups excluding carboxylic acids is 3. The summed E-state index contributed by atoms with van der Waals surface area (Å²) in [6.45, 7) is 5.40. The van der Waals surface area contributed by atoms with Gasteiger partial charge >= 0.3 is 5.97 Å². The fourth-order valence-corrected chi connectivity index (χ4v) is 5.73. The van der Waals surface area contributed by atoms with Gasteiger partial charge in [-0.1, -0.05) is 6.92 Å². The third kappa shape index (κ3) is 2.37. The third-order valence-corrected chi connectivity index (χ3v) is 6.74. The Morgan fingerprint density at radius 2 is 1.96 bits per heavy atom. The Morgan fingerprint density at radius 3 is 2.68 bits per heavy atom. The average Bonchev–Trinajstić information content (AvgIpc) is 2.81. The Labute approximate surface area is 147 Å². The molecule has 2 saturated carbocycles. The molecule has 0 aromatic heterocycles. The topological polar surface area (TPSA) is 60.4 Å². The van der Waals surface area contributed by atoms with E-state index in [9.17, 15) is 14.4 Å². The first kappa shape index (κ1) is 16.5. The zero-order valence-corrected chi connectivity index (χ0v) is 15.1. The summed E-state index contributed by atoms with van der Waals surface area (Å²) in [5.41, 5.74) is 2.82. The SMILES string of the molecule is CC(=O)Oc1cc(C)c2c(c1)CC[C@@H]1[C@@H]2C(=O)C[C@]2(C)C(=O)CC[C@@H]12. The molecule has 4 rings (SSSR count). The number of fused-ring (bicyclic) bond motifs is 5. The van der Waals surface area contributed by atoms with Crippen molar-refractivity contribution in [3.05, 3.63) is 28.8 Å². The van der Waals surface area contributed by atoms with E-state index in [0.717, 1.165) is 36.0 Å². The highest BCUT2D eigenvalue weighted by atomic mass is 16.5. The van der Waals surface area contributed by atoms with Crippen LogP contribution in [0.2, 0.25) is 0 Å². The molecule has 0 aliphatic heterocycles. The first-order valence-corrected chi connectivity index (χ1v) is 9.19. The molecule has 4 atom stereocenters. The van der Waals surface area contributed by atoms with Gasteiger partial charge in [-0.3, -0.25) is 14.4 Å². The highest BCUT2D eigenvalue weighted by Gasteiger charge is 2.57. The minimum atomic E-state index is -0.443. The van der Waals surface area contributed by atoms with Crippen molar-refractivity contribution >= 4 is 17.5 Å². The Hall–Kier alpha value is -1.97. The van der Waals surface area contributed by atoms with Gasteiger partial charge in [-0.25, -0.2) is 0 Å². The van der Waals surface area contributed by atoms with Gasteiger partial charge in [-0.15, -0.1) is 0 Å². The van der Waals surface area contributed by atoms with Crippen LogP contribution in [0.1, 0.15) is 62.1 Å². The third-order valence-electron chi connectivity index (χ3n) is 6.74. The van der Waals surface area contributed by atoms with Crippen LogP contribution in [0.3, 0.4) is 0 Å². The van der Waals surface area contributed by atoms with Gasteiger partial charge in [0.2, 0.25) is 0 Å². The molecule has 0 spiro atoms. The van der Waals surface area contributed by atoms with Gasteiger partial charge in [0.1, 0.15) is 17.3 Å². The minimum absolute atomic E-state index is 0.0981. The van der Waals surface area contributed by atoms with E-state index in [1.807, 2.05) is 26.0 Å². The van der Waals surface area contributed by atoms with Crippen LogP contribution >= 0.6 is 0 Å². The lowest BCUT2D eigenvalue weighted by molar-refractivity contribution is -0.140. The van der Waals surface area contributed by atoms with Gasteiger partial charge in [-0.2, -0.15) is 0 Å². The summed E-state index contributed by atoms with van der Waals surface area (Å²) in [7, 11) is 0. The van der Waals surface area contributed by atoms with Crippen molar-refractivity contribution in [1.29, 1.82) is 0 Å². The molecule has 0 radical (unpaired) electrons. The minimum Gasteiger partial charge on any atom is -0.427 e. The Balaban J connectivity index is 1.76.